The number of benzene rings is 2. The lowest BCUT2D eigenvalue weighted by molar-refractivity contribution is 0.0602. The first-order valence-corrected chi connectivity index (χ1v) is 7.88. The summed E-state index contributed by atoms with van der Waals surface area (Å²) < 4.78 is 9.94. The zero-order valence-corrected chi connectivity index (χ0v) is 14.4. The highest BCUT2D eigenvalue weighted by Gasteiger charge is 2.11. The van der Waals surface area contributed by atoms with Gasteiger partial charge in [-0.3, -0.25) is 0 Å². The number of para-hydroxylation sites is 1. The largest absolute Gasteiger partial charge is 0.497 e. The Bertz CT molecular complexity index is 897. The van der Waals surface area contributed by atoms with Crippen molar-refractivity contribution in [2.75, 3.05) is 24.9 Å². The second-order valence-corrected chi connectivity index (χ2v) is 5.28. The van der Waals surface area contributed by atoms with Crippen LogP contribution in [0.15, 0.2) is 60.8 Å². The molecule has 3 aromatic rings. The van der Waals surface area contributed by atoms with E-state index < -0.39 is 5.97 Å². The number of methoxy groups -OCH3 is 2. The highest BCUT2D eigenvalue weighted by molar-refractivity contribution is 5.96. The molecule has 0 atom stereocenters. The number of esters is 1. The van der Waals surface area contributed by atoms with Crippen LogP contribution in [0.1, 0.15) is 10.4 Å². The first-order chi connectivity index (χ1) is 12.7. The van der Waals surface area contributed by atoms with Crippen LogP contribution in [0.25, 0.3) is 0 Å². The van der Waals surface area contributed by atoms with E-state index in [2.05, 4.69) is 20.6 Å². The Labute approximate surface area is 151 Å². The zero-order valence-electron chi connectivity index (χ0n) is 14.4. The monoisotopic (exact) mass is 350 g/mol. The Balaban J connectivity index is 1.78. The molecule has 0 spiro atoms. The smallest absolute Gasteiger partial charge is 0.339 e. The Kier molecular flexibility index (Phi) is 5.28. The van der Waals surface area contributed by atoms with Gasteiger partial charge in [-0.2, -0.15) is 4.98 Å². The molecule has 0 saturated carbocycles. The summed E-state index contributed by atoms with van der Waals surface area (Å²) in [5.74, 6) is 1.33. The summed E-state index contributed by atoms with van der Waals surface area (Å²) in [5.41, 5.74) is 1.87. The Morgan fingerprint density at radius 1 is 0.962 bits per heavy atom. The topological polar surface area (TPSA) is 85.4 Å². The molecule has 0 radical (unpaired) electrons. The predicted molar refractivity (Wildman–Crippen MR) is 99.4 cm³/mol. The van der Waals surface area contributed by atoms with Gasteiger partial charge in [-0.15, -0.1) is 0 Å². The SMILES string of the molecule is COC(=O)c1ccccc1Nc1ccnc(Nc2ccc(OC)cc2)n1. The van der Waals surface area contributed by atoms with Gasteiger partial charge in [-0.05, 0) is 42.5 Å². The maximum absolute atomic E-state index is 11.9. The number of rotatable bonds is 6. The summed E-state index contributed by atoms with van der Waals surface area (Å²) >= 11 is 0. The molecule has 1 aromatic heterocycles. The van der Waals surface area contributed by atoms with Crippen molar-refractivity contribution in [3.63, 3.8) is 0 Å². The number of hydrogen-bond acceptors (Lipinski definition) is 7. The predicted octanol–water partition coefficient (Wildman–Crippen LogP) is 3.76. The Morgan fingerprint density at radius 2 is 1.73 bits per heavy atom. The van der Waals surface area contributed by atoms with Crippen LogP contribution in [0.5, 0.6) is 5.75 Å². The van der Waals surface area contributed by atoms with Gasteiger partial charge in [0.05, 0.1) is 25.5 Å². The van der Waals surface area contributed by atoms with Gasteiger partial charge in [-0.25, -0.2) is 9.78 Å². The summed E-state index contributed by atoms with van der Waals surface area (Å²) in [6.45, 7) is 0. The molecule has 0 unspecified atom stereocenters. The van der Waals surface area contributed by atoms with E-state index in [4.69, 9.17) is 9.47 Å². The van der Waals surface area contributed by atoms with Gasteiger partial charge in [0.1, 0.15) is 11.6 Å². The average molecular weight is 350 g/mol. The molecule has 7 heteroatoms. The van der Waals surface area contributed by atoms with Crippen molar-refractivity contribution in [1.82, 2.24) is 9.97 Å². The standard InChI is InChI=1S/C19H18N4O3/c1-25-14-9-7-13(8-10-14)21-19-20-12-11-17(23-19)22-16-6-4-3-5-15(16)18(24)26-2/h3-12H,1-2H3,(H2,20,21,22,23). The number of ether oxygens (including phenoxy) is 2. The maximum atomic E-state index is 11.9. The number of hydrogen-bond donors (Lipinski definition) is 2. The quantitative estimate of drug-likeness (QED) is 0.655. The van der Waals surface area contributed by atoms with E-state index in [1.807, 2.05) is 30.3 Å². The number of carbonyl (C=O) groups excluding carboxylic acids is 1. The van der Waals surface area contributed by atoms with Gasteiger partial charge in [0.15, 0.2) is 0 Å². The van der Waals surface area contributed by atoms with Crippen molar-refractivity contribution in [3.8, 4) is 5.75 Å². The maximum Gasteiger partial charge on any atom is 0.339 e. The zero-order chi connectivity index (χ0) is 18.4. The van der Waals surface area contributed by atoms with Crippen molar-refractivity contribution in [2.45, 2.75) is 0 Å². The normalized spacial score (nSPS) is 10.1. The summed E-state index contributed by atoms with van der Waals surface area (Å²) in [6.07, 6.45) is 1.63. The molecule has 2 N–H and O–H groups in total. The van der Waals surface area contributed by atoms with Gasteiger partial charge in [0, 0.05) is 11.9 Å². The third kappa shape index (κ3) is 4.07. The van der Waals surface area contributed by atoms with Crippen molar-refractivity contribution in [3.05, 3.63) is 66.4 Å². The molecule has 0 aliphatic heterocycles. The lowest BCUT2D eigenvalue weighted by Crippen LogP contribution is -2.06. The first kappa shape index (κ1) is 17.2. The van der Waals surface area contributed by atoms with E-state index in [9.17, 15) is 4.79 Å². The molecular weight excluding hydrogens is 332 g/mol. The highest BCUT2D eigenvalue weighted by atomic mass is 16.5. The van der Waals surface area contributed by atoms with Crippen LogP contribution in [0.4, 0.5) is 23.1 Å². The molecule has 26 heavy (non-hydrogen) atoms. The molecule has 0 amide bonds. The minimum atomic E-state index is -0.418. The minimum Gasteiger partial charge on any atom is -0.497 e. The fraction of sp³-hybridized carbons (Fsp3) is 0.105. The number of nitrogens with one attached hydrogen (secondary N) is 2. The van der Waals surface area contributed by atoms with Crippen LogP contribution in [-0.4, -0.2) is 30.2 Å². The fourth-order valence-electron chi connectivity index (χ4n) is 2.31. The molecule has 0 saturated heterocycles. The van der Waals surface area contributed by atoms with Crippen LogP contribution in [-0.2, 0) is 4.74 Å². The molecule has 0 aliphatic carbocycles. The Hall–Kier alpha value is -3.61. The van der Waals surface area contributed by atoms with E-state index in [0.717, 1.165) is 11.4 Å². The second-order valence-electron chi connectivity index (χ2n) is 5.28. The second kappa shape index (κ2) is 7.98. The highest BCUT2D eigenvalue weighted by Crippen LogP contribution is 2.22. The molecular formula is C19H18N4O3. The van der Waals surface area contributed by atoms with E-state index in [0.29, 0.717) is 23.0 Å². The number of carbonyl (C=O) groups is 1. The molecule has 3 rings (SSSR count). The van der Waals surface area contributed by atoms with Crippen molar-refractivity contribution >= 4 is 29.1 Å². The number of nitrogens with zero attached hydrogens (tertiary/aromatic N) is 2. The fourth-order valence-corrected chi connectivity index (χ4v) is 2.31. The summed E-state index contributed by atoms with van der Waals surface area (Å²) in [6, 6.07) is 16.2. The van der Waals surface area contributed by atoms with Gasteiger partial charge in [-0.1, -0.05) is 12.1 Å². The van der Waals surface area contributed by atoms with E-state index >= 15 is 0 Å². The molecule has 7 nitrogen and oxygen atoms in total. The molecule has 0 aliphatic rings. The van der Waals surface area contributed by atoms with Crippen molar-refractivity contribution in [1.29, 1.82) is 0 Å². The molecule has 2 aromatic carbocycles. The average Bonchev–Trinajstić information content (AvgIpc) is 2.69. The van der Waals surface area contributed by atoms with Crippen LogP contribution in [0, 0.1) is 0 Å². The lowest BCUT2D eigenvalue weighted by Gasteiger charge is -2.11. The van der Waals surface area contributed by atoms with Gasteiger partial charge in [0.25, 0.3) is 0 Å². The molecule has 132 valence electrons. The van der Waals surface area contributed by atoms with Crippen LogP contribution >= 0.6 is 0 Å². The number of aromatic nitrogens is 2. The molecule has 0 bridgehead atoms. The van der Waals surface area contributed by atoms with Crippen LogP contribution < -0.4 is 15.4 Å². The minimum absolute atomic E-state index is 0.418. The van der Waals surface area contributed by atoms with E-state index in [1.165, 1.54) is 7.11 Å². The van der Waals surface area contributed by atoms with Crippen LogP contribution in [0.3, 0.4) is 0 Å². The lowest BCUT2D eigenvalue weighted by atomic mass is 10.2. The Morgan fingerprint density at radius 3 is 2.46 bits per heavy atom. The van der Waals surface area contributed by atoms with Crippen LogP contribution in [0.2, 0.25) is 0 Å². The summed E-state index contributed by atoms with van der Waals surface area (Å²) in [4.78, 5) is 20.5. The third-order valence-electron chi connectivity index (χ3n) is 3.60. The van der Waals surface area contributed by atoms with Crippen molar-refractivity contribution < 1.29 is 14.3 Å². The van der Waals surface area contributed by atoms with E-state index in [1.54, 1.807) is 37.6 Å². The van der Waals surface area contributed by atoms with Gasteiger partial charge in [0.2, 0.25) is 5.95 Å². The molecule has 0 fully saturated rings. The summed E-state index contributed by atoms with van der Waals surface area (Å²) in [5, 5.41) is 6.24. The van der Waals surface area contributed by atoms with Gasteiger partial charge < -0.3 is 20.1 Å². The summed E-state index contributed by atoms with van der Waals surface area (Å²) in [7, 11) is 2.97. The molecule has 1 heterocycles. The van der Waals surface area contributed by atoms with Crippen molar-refractivity contribution in [2.24, 2.45) is 0 Å². The first-order valence-electron chi connectivity index (χ1n) is 7.88. The number of anilines is 4. The third-order valence-corrected chi connectivity index (χ3v) is 3.60. The van der Waals surface area contributed by atoms with Gasteiger partial charge >= 0.3 is 5.97 Å². The van der Waals surface area contributed by atoms with E-state index in [-0.39, 0.29) is 0 Å².